The number of aliphatic carboxylic acids is 1. The molecule has 142 valence electrons. The first-order valence-corrected chi connectivity index (χ1v) is 8.82. The van der Waals surface area contributed by atoms with Gasteiger partial charge >= 0.3 is 5.97 Å². The highest BCUT2D eigenvalue weighted by Gasteiger charge is 2.43. The number of piperidine rings is 1. The molecular weight excluding hydrogens is 346 g/mol. The van der Waals surface area contributed by atoms with E-state index < -0.39 is 11.4 Å². The van der Waals surface area contributed by atoms with E-state index >= 15 is 0 Å². The summed E-state index contributed by atoms with van der Waals surface area (Å²) in [5.41, 5.74) is 0.334. The number of amides is 1. The molecule has 6 heteroatoms. The van der Waals surface area contributed by atoms with Crippen molar-refractivity contribution in [3.05, 3.63) is 59.7 Å². The monoisotopic (exact) mass is 369 g/mol. The molecule has 1 heterocycles. The van der Waals surface area contributed by atoms with E-state index in [9.17, 15) is 14.7 Å². The molecule has 0 radical (unpaired) electrons. The van der Waals surface area contributed by atoms with E-state index in [0.717, 1.165) is 5.56 Å². The van der Waals surface area contributed by atoms with E-state index in [0.29, 0.717) is 43.0 Å². The zero-order chi connectivity index (χ0) is 19.4. The summed E-state index contributed by atoms with van der Waals surface area (Å²) >= 11 is 0. The number of hydrogen-bond acceptors (Lipinski definition) is 4. The fourth-order valence-corrected chi connectivity index (χ4v) is 3.63. The summed E-state index contributed by atoms with van der Waals surface area (Å²) in [5, 5.41) is 9.88. The summed E-state index contributed by atoms with van der Waals surface area (Å²) in [4.78, 5) is 26.6. The minimum absolute atomic E-state index is 0.136. The van der Waals surface area contributed by atoms with Crippen molar-refractivity contribution in [2.24, 2.45) is 0 Å². The normalized spacial score (nSPS) is 15.9. The van der Waals surface area contributed by atoms with Crippen LogP contribution in [0.4, 0.5) is 0 Å². The van der Waals surface area contributed by atoms with Gasteiger partial charge in [-0.2, -0.15) is 0 Å². The minimum Gasteiger partial charge on any atom is -0.493 e. The predicted molar refractivity (Wildman–Crippen MR) is 100 cm³/mol. The number of carboxylic acids is 1. The Labute approximate surface area is 158 Å². The van der Waals surface area contributed by atoms with Crippen LogP contribution in [0.3, 0.4) is 0 Å². The van der Waals surface area contributed by atoms with Crippen molar-refractivity contribution in [3.63, 3.8) is 0 Å². The van der Waals surface area contributed by atoms with Crippen LogP contribution < -0.4 is 9.47 Å². The number of hydrogen-bond donors (Lipinski definition) is 1. The van der Waals surface area contributed by atoms with Gasteiger partial charge in [0.15, 0.2) is 11.5 Å². The number of likely N-dealkylation sites (tertiary alicyclic amines) is 1. The molecule has 1 fully saturated rings. The molecular formula is C21H23NO5. The van der Waals surface area contributed by atoms with Crippen molar-refractivity contribution in [1.82, 2.24) is 4.90 Å². The smallest absolute Gasteiger partial charge is 0.314 e. The molecule has 2 aromatic carbocycles. The summed E-state index contributed by atoms with van der Waals surface area (Å²) in [6, 6.07) is 14.3. The Kier molecular flexibility index (Phi) is 5.35. The molecule has 6 nitrogen and oxygen atoms in total. The number of nitrogens with zero attached hydrogens (tertiary/aromatic N) is 1. The summed E-state index contributed by atoms with van der Waals surface area (Å²) in [7, 11) is 3.06. The third kappa shape index (κ3) is 3.47. The Bertz CT molecular complexity index is 826. The molecule has 1 amide bonds. The average Bonchev–Trinajstić information content (AvgIpc) is 2.73. The van der Waals surface area contributed by atoms with Gasteiger partial charge in [-0.25, -0.2) is 0 Å². The molecule has 0 atom stereocenters. The second-order valence-corrected chi connectivity index (χ2v) is 6.62. The van der Waals surface area contributed by atoms with Gasteiger partial charge in [0.1, 0.15) is 0 Å². The summed E-state index contributed by atoms with van der Waals surface area (Å²) in [6.07, 6.45) is 0.761. The van der Waals surface area contributed by atoms with Crippen LogP contribution in [0.15, 0.2) is 48.5 Å². The van der Waals surface area contributed by atoms with Crippen LogP contribution in [-0.4, -0.2) is 49.2 Å². The maximum Gasteiger partial charge on any atom is 0.314 e. The molecule has 27 heavy (non-hydrogen) atoms. The summed E-state index contributed by atoms with van der Waals surface area (Å²) in [5.74, 6) is 0.0705. The Morgan fingerprint density at radius 1 is 0.963 bits per heavy atom. The molecule has 0 aromatic heterocycles. The average molecular weight is 369 g/mol. The Balaban J connectivity index is 1.78. The highest BCUT2D eigenvalue weighted by molar-refractivity contribution is 5.95. The van der Waals surface area contributed by atoms with Gasteiger partial charge in [-0.05, 0) is 36.6 Å². The Morgan fingerprint density at radius 2 is 1.59 bits per heavy atom. The van der Waals surface area contributed by atoms with E-state index in [-0.39, 0.29) is 5.91 Å². The number of carboxylic acid groups (broad SMARTS) is 1. The van der Waals surface area contributed by atoms with Crippen LogP contribution in [0.25, 0.3) is 0 Å². The molecule has 3 rings (SSSR count). The van der Waals surface area contributed by atoms with Crippen LogP contribution in [0.2, 0.25) is 0 Å². The van der Waals surface area contributed by atoms with E-state index in [1.807, 2.05) is 30.3 Å². The maximum atomic E-state index is 12.9. The molecule has 2 aromatic rings. The lowest BCUT2D eigenvalue weighted by Crippen LogP contribution is -2.49. The first-order valence-electron chi connectivity index (χ1n) is 8.82. The van der Waals surface area contributed by atoms with Gasteiger partial charge in [-0.3, -0.25) is 9.59 Å². The van der Waals surface area contributed by atoms with Crippen molar-refractivity contribution in [2.45, 2.75) is 18.3 Å². The first kappa shape index (κ1) is 18.8. The second-order valence-electron chi connectivity index (χ2n) is 6.62. The SMILES string of the molecule is COc1ccc(C(=O)N2CCC(C(=O)O)(c3ccccc3)CC2)cc1OC. The van der Waals surface area contributed by atoms with Gasteiger partial charge in [0.2, 0.25) is 0 Å². The topological polar surface area (TPSA) is 76.1 Å². The van der Waals surface area contributed by atoms with Gasteiger partial charge in [-0.15, -0.1) is 0 Å². The lowest BCUT2D eigenvalue weighted by molar-refractivity contribution is -0.145. The van der Waals surface area contributed by atoms with E-state index in [1.165, 1.54) is 7.11 Å². The van der Waals surface area contributed by atoms with E-state index in [4.69, 9.17) is 9.47 Å². The van der Waals surface area contributed by atoms with E-state index in [1.54, 1.807) is 30.2 Å². The van der Waals surface area contributed by atoms with Gasteiger partial charge in [0, 0.05) is 18.7 Å². The summed E-state index contributed by atoms with van der Waals surface area (Å²) < 4.78 is 10.5. The fraction of sp³-hybridized carbons (Fsp3) is 0.333. The predicted octanol–water partition coefficient (Wildman–Crippen LogP) is 2.96. The molecule has 0 bridgehead atoms. The van der Waals surface area contributed by atoms with Crippen LogP contribution >= 0.6 is 0 Å². The number of ether oxygens (including phenoxy) is 2. The van der Waals surface area contributed by atoms with Crippen molar-refractivity contribution in [1.29, 1.82) is 0 Å². The zero-order valence-electron chi connectivity index (χ0n) is 15.5. The molecule has 0 saturated carbocycles. The van der Waals surface area contributed by atoms with Gasteiger partial charge in [0.25, 0.3) is 5.91 Å². The van der Waals surface area contributed by atoms with Crippen molar-refractivity contribution >= 4 is 11.9 Å². The number of methoxy groups -OCH3 is 2. The van der Waals surface area contributed by atoms with Crippen LogP contribution in [0, 0.1) is 0 Å². The van der Waals surface area contributed by atoms with Crippen LogP contribution in [-0.2, 0) is 10.2 Å². The largest absolute Gasteiger partial charge is 0.493 e. The molecule has 0 spiro atoms. The van der Waals surface area contributed by atoms with Gasteiger partial charge in [-0.1, -0.05) is 30.3 Å². The first-order chi connectivity index (χ1) is 13.0. The highest BCUT2D eigenvalue weighted by atomic mass is 16.5. The van der Waals surface area contributed by atoms with Gasteiger partial charge in [0.05, 0.1) is 19.6 Å². The lowest BCUT2D eigenvalue weighted by Gasteiger charge is -2.39. The fourth-order valence-electron chi connectivity index (χ4n) is 3.63. The molecule has 1 aliphatic heterocycles. The molecule has 1 aliphatic rings. The van der Waals surface area contributed by atoms with Crippen LogP contribution in [0.1, 0.15) is 28.8 Å². The molecule has 1 N–H and O–H groups in total. The van der Waals surface area contributed by atoms with Crippen molar-refractivity contribution < 1.29 is 24.2 Å². The lowest BCUT2D eigenvalue weighted by atomic mass is 9.73. The minimum atomic E-state index is -0.949. The second kappa shape index (κ2) is 7.70. The number of carbonyl (C=O) groups excluding carboxylic acids is 1. The zero-order valence-corrected chi connectivity index (χ0v) is 15.5. The van der Waals surface area contributed by atoms with E-state index in [2.05, 4.69) is 0 Å². The molecule has 0 unspecified atom stereocenters. The third-order valence-corrected chi connectivity index (χ3v) is 5.27. The molecule has 1 saturated heterocycles. The number of carbonyl (C=O) groups is 2. The summed E-state index contributed by atoms with van der Waals surface area (Å²) in [6.45, 7) is 0.767. The van der Waals surface area contributed by atoms with Gasteiger partial charge < -0.3 is 19.5 Å². The highest BCUT2D eigenvalue weighted by Crippen LogP contribution is 2.36. The standard InChI is InChI=1S/C21H23NO5/c1-26-17-9-8-15(14-18(17)27-2)19(23)22-12-10-21(11-13-22,20(24)25)16-6-4-3-5-7-16/h3-9,14H,10-13H2,1-2H3,(H,24,25). The van der Waals surface area contributed by atoms with Crippen molar-refractivity contribution in [3.8, 4) is 11.5 Å². The molecule has 0 aliphatic carbocycles. The van der Waals surface area contributed by atoms with Crippen LogP contribution in [0.5, 0.6) is 11.5 Å². The quantitative estimate of drug-likeness (QED) is 0.877. The maximum absolute atomic E-state index is 12.9. The third-order valence-electron chi connectivity index (χ3n) is 5.27. The van der Waals surface area contributed by atoms with Crippen molar-refractivity contribution in [2.75, 3.05) is 27.3 Å². The number of rotatable bonds is 5. The Morgan fingerprint density at radius 3 is 2.15 bits per heavy atom. The number of benzene rings is 2. The Hall–Kier alpha value is -3.02.